The zero-order chi connectivity index (χ0) is 29.1. The summed E-state index contributed by atoms with van der Waals surface area (Å²) < 4.78 is 42.6. The fraction of sp³-hybridized carbons (Fsp3) is 0.241. The Labute approximate surface area is 239 Å². The molecule has 212 valence electrons. The van der Waals surface area contributed by atoms with Crippen LogP contribution in [0.3, 0.4) is 0 Å². The number of carbonyl (C=O) groups is 1. The van der Waals surface area contributed by atoms with Crippen molar-refractivity contribution in [2.45, 2.75) is 33.2 Å². The van der Waals surface area contributed by atoms with Crippen LogP contribution in [0.25, 0.3) is 17.1 Å². The van der Waals surface area contributed by atoms with Crippen molar-refractivity contribution in [1.29, 1.82) is 0 Å². The molecule has 0 saturated carbocycles. The van der Waals surface area contributed by atoms with Crippen LogP contribution in [0.15, 0.2) is 78.2 Å². The average molecular weight is 581 g/mol. The number of rotatable bonds is 8. The molecule has 4 aromatic rings. The van der Waals surface area contributed by atoms with Crippen LogP contribution in [-0.2, 0) is 17.8 Å². The number of amides is 1. The van der Waals surface area contributed by atoms with Gasteiger partial charge in [0, 0.05) is 12.6 Å². The van der Waals surface area contributed by atoms with Crippen LogP contribution >= 0.6 is 11.8 Å². The zero-order valence-corrected chi connectivity index (χ0v) is 23.4. The molecule has 12 heteroatoms. The quantitative estimate of drug-likeness (QED) is 0.232. The van der Waals surface area contributed by atoms with Crippen molar-refractivity contribution in [1.82, 2.24) is 19.8 Å². The van der Waals surface area contributed by atoms with Crippen molar-refractivity contribution >= 4 is 28.5 Å². The molecule has 0 unspecified atom stereocenters. The van der Waals surface area contributed by atoms with Gasteiger partial charge in [0.25, 0.3) is 0 Å². The molecule has 1 aromatic heterocycles. The monoisotopic (exact) mass is 580 g/mol. The molecule has 1 fully saturated rings. The molecule has 1 aliphatic heterocycles. The van der Waals surface area contributed by atoms with E-state index >= 15 is 0 Å². The van der Waals surface area contributed by atoms with Crippen LogP contribution in [0.5, 0.6) is 5.75 Å². The number of carbonyl (C=O) groups excluding carboxylic acids is 1. The molecule has 41 heavy (non-hydrogen) atoms. The van der Waals surface area contributed by atoms with Gasteiger partial charge in [-0.15, -0.1) is 18.3 Å². The van der Waals surface area contributed by atoms with Crippen molar-refractivity contribution in [3.8, 4) is 22.8 Å². The second-order valence-corrected chi connectivity index (χ2v) is 10.3. The first-order valence-electron chi connectivity index (χ1n) is 12.8. The van der Waals surface area contributed by atoms with Gasteiger partial charge in [-0.25, -0.2) is 9.67 Å². The summed E-state index contributed by atoms with van der Waals surface area (Å²) in [6.07, 6.45) is -2.43. The number of alkyl halides is 3. The molecule has 5 rings (SSSR count). The summed E-state index contributed by atoms with van der Waals surface area (Å²) in [5, 5.41) is 11.7. The van der Waals surface area contributed by atoms with E-state index in [9.17, 15) is 18.0 Å². The highest BCUT2D eigenvalue weighted by Crippen LogP contribution is 2.33. The molecule has 0 aliphatic carbocycles. The number of amidine groups is 1. The topological polar surface area (TPSA) is 75.9 Å². The van der Waals surface area contributed by atoms with Gasteiger partial charge in [-0.05, 0) is 54.3 Å². The standard InChI is InChI=1S/C29H27F3N6O2S/c1-4-21-7-5-6-19(2)26(21)38-25(39)17-41-28(38)35-36(3)16-20-8-10-22(11-9-20)27-33-18-37(34-27)23-12-14-24(15-13-23)40-29(30,31)32/h5-15,18H,4,16-17H2,1-3H3/b35-28-. The van der Waals surface area contributed by atoms with Gasteiger partial charge in [-0.3, -0.25) is 14.7 Å². The summed E-state index contributed by atoms with van der Waals surface area (Å²) >= 11 is 1.43. The molecular formula is C29H27F3N6O2S. The highest BCUT2D eigenvalue weighted by molar-refractivity contribution is 8.15. The van der Waals surface area contributed by atoms with Crippen molar-refractivity contribution in [3.63, 3.8) is 0 Å². The van der Waals surface area contributed by atoms with Crippen LogP contribution < -0.4 is 9.64 Å². The first kappa shape index (κ1) is 28.2. The summed E-state index contributed by atoms with van der Waals surface area (Å²) in [7, 11) is 1.87. The maximum Gasteiger partial charge on any atom is 0.573 e. The van der Waals surface area contributed by atoms with E-state index in [1.807, 2.05) is 61.4 Å². The first-order valence-corrected chi connectivity index (χ1v) is 13.8. The highest BCUT2D eigenvalue weighted by Gasteiger charge is 2.33. The summed E-state index contributed by atoms with van der Waals surface area (Å²) in [5.41, 5.74) is 5.40. The zero-order valence-electron chi connectivity index (χ0n) is 22.6. The Morgan fingerprint density at radius 2 is 1.80 bits per heavy atom. The Bertz CT molecular complexity index is 1570. The number of halogens is 3. The minimum Gasteiger partial charge on any atom is -0.406 e. The largest absolute Gasteiger partial charge is 0.573 e. The second-order valence-electron chi connectivity index (χ2n) is 9.40. The molecule has 1 saturated heterocycles. The third-order valence-electron chi connectivity index (χ3n) is 6.40. The molecule has 0 radical (unpaired) electrons. The third-order valence-corrected chi connectivity index (χ3v) is 7.31. The van der Waals surface area contributed by atoms with Gasteiger partial charge in [0.15, 0.2) is 11.0 Å². The number of ether oxygens (including phenoxy) is 1. The highest BCUT2D eigenvalue weighted by atomic mass is 32.2. The number of benzene rings is 3. The molecule has 0 atom stereocenters. The number of anilines is 1. The van der Waals surface area contributed by atoms with E-state index in [-0.39, 0.29) is 11.7 Å². The second kappa shape index (κ2) is 11.7. The number of para-hydroxylation sites is 1. The first-order chi connectivity index (χ1) is 19.6. The van der Waals surface area contributed by atoms with E-state index < -0.39 is 6.36 Å². The summed E-state index contributed by atoms with van der Waals surface area (Å²) in [5.74, 6) is 0.540. The number of hydrogen-bond acceptors (Lipinski definition) is 7. The molecule has 8 nitrogen and oxygen atoms in total. The molecule has 0 N–H and O–H groups in total. The van der Waals surface area contributed by atoms with E-state index in [2.05, 4.69) is 21.7 Å². The lowest BCUT2D eigenvalue weighted by molar-refractivity contribution is -0.274. The number of hydrazone groups is 1. The average Bonchev–Trinajstić information content (AvgIpc) is 3.56. The Balaban J connectivity index is 1.26. The smallest absolute Gasteiger partial charge is 0.406 e. The summed E-state index contributed by atoms with van der Waals surface area (Å²) in [4.78, 5) is 18.9. The molecule has 2 heterocycles. The van der Waals surface area contributed by atoms with Gasteiger partial charge in [0.1, 0.15) is 12.1 Å². The third kappa shape index (κ3) is 6.54. The normalized spacial score (nSPS) is 14.6. The van der Waals surface area contributed by atoms with E-state index in [0.717, 1.165) is 34.4 Å². The lowest BCUT2D eigenvalue weighted by Gasteiger charge is -2.23. The number of aryl methyl sites for hydroxylation is 2. The Morgan fingerprint density at radius 1 is 1.07 bits per heavy atom. The van der Waals surface area contributed by atoms with E-state index in [1.165, 1.54) is 47.0 Å². The van der Waals surface area contributed by atoms with E-state index in [4.69, 9.17) is 5.10 Å². The molecular weight excluding hydrogens is 553 g/mol. The van der Waals surface area contributed by atoms with Gasteiger partial charge >= 0.3 is 6.36 Å². The van der Waals surface area contributed by atoms with Crippen LogP contribution in [0.1, 0.15) is 23.6 Å². The number of nitrogens with zero attached hydrogens (tertiary/aromatic N) is 6. The summed E-state index contributed by atoms with van der Waals surface area (Å²) in [6.45, 7) is 4.61. The van der Waals surface area contributed by atoms with Gasteiger partial charge in [0.05, 0.1) is 23.7 Å². The van der Waals surface area contributed by atoms with Crippen molar-refractivity contribution < 1.29 is 22.7 Å². The van der Waals surface area contributed by atoms with E-state index in [0.29, 0.717) is 29.0 Å². The Kier molecular flexibility index (Phi) is 8.02. The molecule has 0 spiro atoms. The predicted molar refractivity (Wildman–Crippen MR) is 153 cm³/mol. The minimum absolute atomic E-state index is 0.0213. The van der Waals surface area contributed by atoms with Crippen molar-refractivity contribution in [2.75, 3.05) is 17.7 Å². The van der Waals surface area contributed by atoms with E-state index in [1.54, 1.807) is 4.90 Å². The van der Waals surface area contributed by atoms with Gasteiger partial charge < -0.3 is 4.74 Å². The number of hydrogen-bond donors (Lipinski definition) is 0. The molecule has 0 bridgehead atoms. The SMILES string of the molecule is CCc1cccc(C)c1N1C(=O)CS/C1=N\N(C)Cc1ccc(-c2ncn(-c3ccc(OC(F)(F)F)cc3)n2)cc1. The molecule has 1 aliphatic rings. The summed E-state index contributed by atoms with van der Waals surface area (Å²) in [6, 6.07) is 19.2. The minimum atomic E-state index is -4.75. The predicted octanol–water partition coefficient (Wildman–Crippen LogP) is 6.19. The maximum atomic E-state index is 12.8. The fourth-order valence-electron chi connectivity index (χ4n) is 4.51. The van der Waals surface area contributed by atoms with Crippen LogP contribution in [-0.4, -0.2) is 50.0 Å². The fourth-order valence-corrected chi connectivity index (χ4v) is 5.41. The van der Waals surface area contributed by atoms with Crippen molar-refractivity contribution in [2.24, 2.45) is 5.10 Å². The Hall–Kier alpha value is -4.32. The lowest BCUT2D eigenvalue weighted by Crippen LogP contribution is -2.32. The molecule has 1 amide bonds. The molecule has 3 aromatic carbocycles. The number of aromatic nitrogens is 3. The number of thioether (sulfide) groups is 1. The van der Waals surface area contributed by atoms with Gasteiger partial charge in [0.2, 0.25) is 5.91 Å². The van der Waals surface area contributed by atoms with Crippen LogP contribution in [0.2, 0.25) is 0 Å². The maximum absolute atomic E-state index is 12.8. The lowest BCUT2D eigenvalue weighted by atomic mass is 10.0. The van der Waals surface area contributed by atoms with Crippen LogP contribution in [0.4, 0.5) is 18.9 Å². The van der Waals surface area contributed by atoms with Crippen molar-refractivity contribution in [3.05, 3.63) is 89.7 Å². The Morgan fingerprint density at radius 3 is 2.49 bits per heavy atom. The van der Waals surface area contributed by atoms with Gasteiger partial charge in [-0.2, -0.15) is 5.10 Å². The van der Waals surface area contributed by atoms with Gasteiger partial charge in [-0.1, -0.05) is 61.2 Å². The van der Waals surface area contributed by atoms with Crippen LogP contribution in [0, 0.1) is 6.92 Å².